The molecule has 1 saturated heterocycles. The maximum absolute atomic E-state index is 9.89. The highest BCUT2D eigenvalue weighted by Crippen LogP contribution is 2.20. The molecule has 0 aromatic heterocycles. The van der Waals surface area contributed by atoms with E-state index in [-0.39, 0.29) is 11.5 Å². The first-order valence-corrected chi connectivity index (χ1v) is 6.46. The van der Waals surface area contributed by atoms with Crippen LogP contribution in [0.15, 0.2) is 0 Å². The summed E-state index contributed by atoms with van der Waals surface area (Å²) in [6.45, 7) is 8.94. The van der Waals surface area contributed by atoms with Crippen molar-refractivity contribution in [3.05, 3.63) is 0 Å². The van der Waals surface area contributed by atoms with Gasteiger partial charge in [-0.3, -0.25) is 0 Å². The predicted molar refractivity (Wildman–Crippen MR) is 66.5 cm³/mol. The van der Waals surface area contributed by atoms with Crippen molar-refractivity contribution in [2.75, 3.05) is 19.8 Å². The molecule has 0 radical (unpaired) electrons. The van der Waals surface area contributed by atoms with Crippen molar-refractivity contribution in [3.8, 4) is 0 Å². The number of nitrogens with one attached hydrogen (secondary N) is 1. The fourth-order valence-corrected chi connectivity index (χ4v) is 2.19. The quantitative estimate of drug-likeness (QED) is 0.774. The minimum absolute atomic E-state index is 0.202. The Morgan fingerprint density at radius 1 is 1.31 bits per heavy atom. The summed E-state index contributed by atoms with van der Waals surface area (Å²) in [5, 5.41) is 13.3. The van der Waals surface area contributed by atoms with Crippen molar-refractivity contribution in [3.63, 3.8) is 0 Å². The zero-order chi connectivity index (χ0) is 12.0. The van der Waals surface area contributed by atoms with Crippen LogP contribution in [-0.2, 0) is 4.74 Å². The minimum Gasteiger partial charge on any atom is -0.392 e. The smallest absolute Gasteiger partial charge is 0.0669 e. The first kappa shape index (κ1) is 13.9. The molecule has 0 aliphatic carbocycles. The van der Waals surface area contributed by atoms with E-state index < -0.39 is 0 Å². The normalized spacial score (nSPS) is 25.1. The second kappa shape index (κ2) is 6.58. The Balaban J connectivity index is 2.17. The molecule has 1 fully saturated rings. The molecule has 2 N–H and O–H groups in total. The Morgan fingerprint density at radius 2 is 2.06 bits per heavy atom. The third kappa shape index (κ3) is 6.46. The lowest BCUT2D eigenvalue weighted by Crippen LogP contribution is -2.37. The molecule has 3 heteroatoms. The fraction of sp³-hybridized carbons (Fsp3) is 1.00. The SMILES string of the molecule is CC(C)(C)CC(O)CNC1CCCOCC1. The number of ether oxygens (including phenoxy) is 1. The van der Waals surface area contributed by atoms with E-state index in [1.54, 1.807) is 0 Å². The number of hydrogen-bond acceptors (Lipinski definition) is 3. The summed E-state index contributed by atoms with van der Waals surface area (Å²) in [5.74, 6) is 0. The fourth-order valence-electron chi connectivity index (χ4n) is 2.19. The van der Waals surface area contributed by atoms with E-state index in [0.717, 1.165) is 32.5 Å². The standard InChI is InChI=1S/C13H27NO2/c1-13(2,3)9-12(15)10-14-11-5-4-7-16-8-6-11/h11-12,14-15H,4-10H2,1-3H3. The molecule has 2 atom stereocenters. The van der Waals surface area contributed by atoms with Crippen molar-refractivity contribution in [2.24, 2.45) is 5.41 Å². The molecule has 0 bridgehead atoms. The second-order valence-electron chi connectivity index (χ2n) is 6.07. The Kier molecular flexibility index (Phi) is 5.73. The van der Waals surface area contributed by atoms with Gasteiger partial charge in [0.25, 0.3) is 0 Å². The highest BCUT2D eigenvalue weighted by molar-refractivity contribution is 4.74. The van der Waals surface area contributed by atoms with Gasteiger partial charge in [0.1, 0.15) is 0 Å². The van der Waals surface area contributed by atoms with E-state index in [4.69, 9.17) is 4.74 Å². The van der Waals surface area contributed by atoms with Crippen LogP contribution in [0.25, 0.3) is 0 Å². The molecular weight excluding hydrogens is 202 g/mol. The van der Waals surface area contributed by atoms with Crippen molar-refractivity contribution in [2.45, 2.75) is 58.6 Å². The largest absolute Gasteiger partial charge is 0.392 e. The van der Waals surface area contributed by atoms with Gasteiger partial charge in [0.2, 0.25) is 0 Å². The molecule has 96 valence electrons. The molecule has 0 saturated carbocycles. The van der Waals surface area contributed by atoms with E-state index in [1.165, 1.54) is 6.42 Å². The number of rotatable bonds is 4. The van der Waals surface area contributed by atoms with Crippen molar-refractivity contribution >= 4 is 0 Å². The predicted octanol–water partition coefficient (Wildman–Crippen LogP) is 1.94. The summed E-state index contributed by atoms with van der Waals surface area (Å²) >= 11 is 0. The van der Waals surface area contributed by atoms with E-state index in [9.17, 15) is 5.11 Å². The second-order valence-corrected chi connectivity index (χ2v) is 6.07. The van der Waals surface area contributed by atoms with Gasteiger partial charge in [-0.25, -0.2) is 0 Å². The van der Waals surface area contributed by atoms with Gasteiger partial charge in [-0.15, -0.1) is 0 Å². The monoisotopic (exact) mass is 229 g/mol. The minimum atomic E-state index is -0.232. The molecule has 0 amide bonds. The summed E-state index contributed by atoms with van der Waals surface area (Å²) in [6.07, 6.45) is 3.99. The lowest BCUT2D eigenvalue weighted by molar-refractivity contribution is 0.114. The van der Waals surface area contributed by atoms with Crippen LogP contribution in [0, 0.1) is 5.41 Å². The molecule has 16 heavy (non-hydrogen) atoms. The molecular formula is C13H27NO2. The van der Waals surface area contributed by atoms with Crippen molar-refractivity contribution in [1.82, 2.24) is 5.32 Å². The molecule has 2 unspecified atom stereocenters. The Labute approximate surface area is 99.6 Å². The van der Waals surface area contributed by atoms with E-state index in [0.29, 0.717) is 12.6 Å². The lowest BCUT2D eigenvalue weighted by Gasteiger charge is -2.24. The van der Waals surface area contributed by atoms with Gasteiger partial charge in [0.15, 0.2) is 0 Å². The lowest BCUT2D eigenvalue weighted by atomic mass is 9.89. The van der Waals surface area contributed by atoms with Crippen LogP contribution in [0.5, 0.6) is 0 Å². The number of hydrogen-bond donors (Lipinski definition) is 2. The number of aliphatic hydroxyl groups is 1. The summed E-state index contributed by atoms with van der Waals surface area (Å²) in [5.41, 5.74) is 0.202. The summed E-state index contributed by atoms with van der Waals surface area (Å²) in [6, 6.07) is 0.525. The zero-order valence-corrected chi connectivity index (χ0v) is 11.0. The van der Waals surface area contributed by atoms with Gasteiger partial charge in [-0.05, 0) is 31.1 Å². The summed E-state index contributed by atoms with van der Waals surface area (Å²) < 4.78 is 5.41. The van der Waals surface area contributed by atoms with Crippen LogP contribution < -0.4 is 5.32 Å². The van der Waals surface area contributed by atoms with Crippen LogP contribution in [0.3, 0.4) is 0 Å². The molecule has 0 aromatic rings. The number of aliphatic hydroxyl groups excluding tert-OH is 1. The van der Waals surface area contributed by atoms with Gasteiger partial charge in [0, 0.05) is 25.8 Å². The topological polar surface area (TPSA) is 41.5 Å². The van der Waals surface area contributed by atoms with Crippen molar-refractivity contribution < 1.29 is 9.84 Å². The van der Waals surface area contributed by atoms with Crippen LogP contribution >= 0.6 is 0 Å². The van der Waals surface area contributed by atoms with Crippen LogP contribution in [0.4, 0.5) is 0 Å². The molecule has 0 aromatic carbocycles. The maximum Gasteiger partial charge on any atom is 0.0669 e. The van der Waals surface area contributed by atoms with Gasteiger partial charge >= 0.3 is 0 Å². The zero-order valence-electron chi connectivity index (χ0n) is 11.0. The molecule has 1 aliphatic rings. The van der Waals surface area contributed by atoms with Crippen LogP contribution in [0.2, 0.25) is 0 Å². The third-order valence-corrected chi connectivity index (χ3v) is 2.94. The molecule has 1 rings (SSSR count). The Morgan fingerprint density at radius 3 is 2.75 bits per heavy atom. The molecule has 3 nitrogen and oxygen atoms in total. The Bertz CT molecular complexity index is 181. The average Bonchev–Trinajstić information content (AvgIpc) is 2.39. The first-order chi connectivity index (χ1) is 7.47. The van der Waals surface area contributed by atoms with E-state index in [1.807, 2.05) is 0 Å². The van der Waals surface area contributed by atoms with Gasteiger partial charge < -0.3 is 15.2 Å². The van der Waals surface area contributed by atoms with Crippen LogP contribution in [-0.4, -0.2) is 37.0 Å². The van der Waals surface area contributed by atoms with Gasteiger partial charge in [0.05, 0.1) is 6.10 Å². The molecule has 1 aliphatic heterocycles. The maximum atomic E-state index is 9.89. The molecule has 0 spiro atoms. The summed E-state index contributed by atoms with van der Waals surface area (Å²) in [7, 11) is 0. The highest BCUT2D eigenvalue weighted by Gasteiger charge is 2.18. The van der Waals surface area contributed by atoms with Gasteiger partial charge in [-0.1, -0.05) is 20.8 Å². The highest BCUT2D eigenvalue weighted by atomic mass is 16.5. The molecule has 1 heterocycles. The Hall–Kier alpha value is -0.120. The first-order valence-electron chi connectivity index (χ1n) is 6.46. The van der Waals surface area contributed by atoms with Crippen molar-refractivity contribution in [1.29, 1.82) is 0 Å². The summed E-state index contributed by atoms with van der Waals surface area (Å²) in [4.78, 5) is 0. The third-order valence-electron chi connectivity index (χ3n) is 2.94. The average molecular weight is 229 g/mol. The van der Waals surface area contributed by atoms with Crippen LogP contribution in [0.1, 0.15) is 46.5 Å². The van der Waals surface area contributed by atoms with Gasteiger partial charge in [-0.2, -0.15) is 0 Å². The van der Waals surface area contributed by atoms with E-state index >= 15 is 0 Å². The van der Waals surface area contributed by atoms with E-state index in [2.05, 4.69) is 26.1 Å².